The van der Waals surface area contributed by atoms with Gasteiger partial charge in [0.1, 0.15) is 12.4 Å². The highest BCUT2D eigenvalue weighted by Crippen LogP contribution is 2.33. The zero-order valence-corrected chi connectivity index (χ0v) is 22.8. The highest BCUT2D eigenvalue weighted by atomic mass is 16.5. The fourth-order valence-electron chi connectivity index (χ4n) is 5.57. The number of hydrogen-bond acceptors (Lipinski definition) is 5. The number of rotatable bonds is 13. The van der Waals surface area contributed by atoms with Crippen LogP contribution in [0.3, 0.4) is 0 Å². The normalized spacial score (nSPS) is 17.4. The van der Waals surface area contributed by atoms with Crippen LogP contribution < -0.4 is 10.1 Å². The van der Waals surface area contributed by atoms with Crippen molar-refractivity contribution in [3.63, 3.8) is 0 Å². The molecular weight excluding hydrogens is 444 g/mol. The largest absolute Gasteiger partial charge is 0.490 e. The van der Waals surface area contributed by atoms with Crippen molar-refractivity contribution in [2.75, 3.05) is 71.8 Å². The Labute approximate surface area is 219 Å². The Hall–Kier alpha value is -2.08. The summed E-state index contributed by atoms with van der Waals surface area (Å²) in [7, 11) is 4.26. The van der Waals surface area contributed by atoms with Gasteiger partial charge < -0.3 is 19.9 Å². The molecule has 36 heavy (non-hydrogen) atoms. The topological polar surface area (TPSA) is 31.0 Å². The van der Waals surface area contributed by atoms with E-state index in [1.165, 1.54) is 101 Å². The van der Waals surface area contributed by atoms with Gasteiger partial charge in [0.2, 0.25) is 0 Å². The summed E-state index contributed by atoms with van der Waals surface area (Å²) < 4.78 is 6.45. The van der Waals surface area contributed by atoms with E-state index in [1.807, 2.05) is 0 Å². The van der Waals surface area contributed by atoms with Gasteiger partial charge in [-0.1, -0.05) is 43.2 Å². The van der Waals surface area contributed by atoms with Crippen LogP contribution in [0.1, 0.15) is 56.9 Å². The van der Waals surface area contributed by atoms with Gasteiger partial charge in [-0.3, -0.25) is 4.90 Å². The summed E-state index contributed by atoms with van der Waals surface area (Å²) in [6.45, 7) is 9.92. The first-order valence-electron chi connectivity index (χ1n) is 14.4. The number of ether oxygens (including phenoxy) is 1. The van der Waals surface area contributed by atoms with E-state index >= 15 is 0 Å². The standard InChI is InChI=1S/C31H48N4O/c1-33(2)26-28-13-5-6-14-29(28)27-15-16-30(32-17-7-12-22-34-18-8-3-9-19-34)31(25-27)36-24-23-35-20-10-4-11-21-35/h5-6,13-16,25,32H,3-4,7-12,17-24,26H2,1-2H3. The number of hydrogen-bond donors (Lipinski definition) is 1. The van der Waals surface area contributed by atoms with Crippen molar-refractivity contribution in [1.82, 2.24) is 14.7 Å². The summed E-state index contributed by atoms with van der Waals surface area (Å²) in [5, 5.41) is 3.70. The SMILES string of the molecule is CN(C)Cc1ccccc1-c1ccc(NCCCCN2CCCCC2)c(OCCN2CCCCC2)c1. The highest BCUT2D eigenvalue weighted by Gasteiger charge is 2.13. The fraction of sp³-hybridized carbons (Fsp3) is 0.613. The molecule has 2 fully saturated rings. The van der Waals surface area contributed by atoms with Crippen LogP contribution in [0.5, 0.6) is 5.75 Å². The summed E-state index contributed by atoms with van der Waals surface area (Å²) in [6.07, 6.45) is 10.6. The van der Waals surface area contributed by atoms with Crippen molar-refractivity contribution in [3.8, 4) is 16.9 Å². The molecule has 0 aromatic heterocycles. The molecule has 2 saturated heterocycles. The molecule has 2 aromatic rings. The lowest BCUT2D eigenvalue weighted by Gasteiger charge is -2.26. The molecule has 0 radical (unpaired) electrons. The fourth-order valence-corrected chi connectivity index (χ4v) is 5.57. The van der Waals surface area contributed by atoms with Crippen molar-refractivity contribution >= 4 is 5.69 Å². The molecule has 0 saturated carbocycles. The molecule has 0 bridgehead atoms. The van der Waals surface area contributed by atoms with Gasteiger partial charge in [-0.2, -0.15) is 0 Å². The summed E-state index contributed by atoms with van der Waals surface area (Å²) >= 11 is 0. The van der Waals surface area contributed by atoms with Crippen molar-refractivity contribution in [3.05, 3.63) is 48.0 Å². The Bertz CT molecular complexity index is 903. The van der Waals surface area contributed by atoms with Gasteiger partial charge in [-0.15, -0.1) is 0 Å². The predicted octanol–water partition coefficient (Wildman–Crippen LogP) is 5.96. The molecule has 2 aromatic carbocycles. The van der Waals surface area contributed by atoms with Gasteiger partial charge in [0.25, 0.3) is 0 Å². The lowest BCUT2D eigenvalue weighted by molar-refractivity contribution is 0.184. The van der Waals surface area contributed by atoms with E-state index in [2.05, 4.69) is 76.6 Å². The Morgan fingerprint density at radius 3 is 2.22 bits per heavy atom. The maximum Gasteiger partial charge on any atom is 0.143 e. The Kier molecular flexibility index (Phi) is 10.9. The van der Waals surface area contributed by atoms with Crippen molar-refractivity contribution < 1.29 is 4.74 Å². The van der Waals surface area contributed by atoms with Crippen LogP contribution in [-0.4, -0.2) is 81.2 Å². The second-order valence-electron chi connectivity index (χ2n) is 10.9. The van der Waals surface area contributed by atoms with E-state index in [9.17, 15) is 0 Å². The molecule has 0 spiro atoms. The van der Waals surface area contributed by atoms with Gasteiger partial charge in [0.05, 0.1) is 5.69 Å². The number of nitrogens with zero attached hydrogens (tertiary/aromatic N) is 3. The minimum atomic E-state index is 0.742. The molecule has 1 N–H and O–H groups in total. The van der Waals surface area contributed by atoms with E-state index < -0.39 is 0 Å². The average Bonchev–Trinajstić information content (AvgIpc) is 2.90. The van der Waals surface area contributed by atoms with Crippen molar-refractivity contribution in [2.24, 2.45) is 0 Å². The van der Waals surface area contributed by atoms with Gasteiger partial charge in [-0.25, -0.2) is 0 Å². The van der Waals surface area contributed by atoms with Gasteiger partial charge in [0, 0.05) is 19.6 Å². The molecule has 0 aliphatic carbocycles. The third kappa shape index (κ3) is 8.50. The van der Waals surface area contributed by atoms with Gasteiger partial charge >= 0.3 is 0 Å². The van der Waals surface area contributed by atoms with E-state index in [1.54, 1.807) is 0 Å². The molecule has 2 heterocycles. The average molecular weight is 493 g/mol. The van der Waals surface area contributed by atoms with Crippen LogP contribution in [0.15, 0.2) is 42.5 Å². The van der Waals surface area contributed by atoms with E-state index in [0.717, 1.165) is 37.7 Å². The van der Waals surface area contributed by atoms with Gasteiger partial charge in [0.15, 0.2) is 0 Å². The molecule has 4 rings (SSSR count). The molecule has 198 valence electrons. The molecule has 5 nitrogen and oxygen atoms in total. The minimum absolute atomic E-state index is 0.742. The van der Waals surface area contributed by atoms with Crippen LogP contribution in [0.2, 0.25) is 0 Å². The Balaban J connectivity index is 1.39. The Morgan fingerprint density at radius 1 is 0.806 bits per heavy atom. The summed E-state index contributed by atoms with van der Waals surface area (Å²) in [4.78, 5) is 7.42. The highest BCUT2D eigenvalue weighted by molar-refractivity contribution is 5.73. The Morgan fingerprint density at radius 2 is 1.50 bits per heavy atom. The summed E-state index contributed by atoms with van der Waals surface area (Å²) in [6, 6.07) is 15.5. The number of anilines is 1. The van der Waals surface area contributed by atoms with Crippen LogP contribution in [0, 0.1) is 0 Å². The van der Waals surface area contributed by atoms with E-state index in [-0.39, 0.29) is 0 Å². The van der Waals surface area contributed by atoms with Crippen LogP contribution in [-0.2, 0) is 6.54 Å². The maximum absolute atomic E-state index is 6.45. The molecule has 0 unspecified atom stereocenters. The minimum Gasteiger partial charge on any atom is -0.490 e. The maximum atomic E-state index is 6.45. The second-order valence-corrected chi connectivity index (χ2v) is 10.9. The van der Waals surface area contributed by atoms with E-state index in [4.69, 9.17) is 4.74 Å². The summed E-state index contributed by atoms with van der Waals surface area (Å²) in [5.41, 5.74) is 5.00. The lowest BCUT2D eigenvalue weighted by atomic mass is 9.98. The molecule has 2 aliphatic rings. The van der Waals surface area contributed by atoms with E-state index in [0.29, 0.717) is 0 Å². The summed E-state index contributed by atoms with van der Waals surface area (Å²) in [5.74, 6) is 0.986. The van der Waals surface area contributed by atoms with Crippen LogP contribution >= 0.6 is 0 Å². The monoisotopic (exact) mass is 492 g/mol. The second kappa shape index (κ2) is 14.6. The number of piperidine rings is 2. The molecule has 5 heteroatoms. The zero-order valence-electron chi connectivity index (χ0n) is 22.8. The van der Waals surface area contributed by atoms with Crippen molar-refractivity contribution in [2.45, 2.75) is 57.9 Å². The first kappa shape index (κ1) is 27.0. The zero-order chi connectivity index (χ0) is 25.0. The molecule has 0 amide bonds. The number of benzene rings is 2. The number of likely N-dealkylation sites (tertiary alicyclic amines) is 2. The molecule has 0 atom stereocenters. The molecular formula is C31H48N4O. The quantitative estimate of drug-likeness (QED) is 0.349. The van der Waals surface area contributed by atoms with Gasteiger partial charge in [-0.05, 0) is 114 Å². The van der Waals surface area contributed by atoms with Crippen LogP contribution in [0.4, 0.5) is 5.69 Å². The first-order chi connectivity index (χ1) is 17.7. The molecule has 2 aliphatic heterocycles. The predicted molar refractivity (Wildman–Crippen MR) is 153 cm³/mol. The van der Waals surface area contributed by atoms with Crippen LogP contribution in [0.25, 0.3) is 11.1 Å². The smallest absolute Gasteiger partial charge is 0.143 e. The number of nitrogens with one attached hydrogen (secondary N) is 1. The first-order valence-corrected chi connectivity index (χ1v) is 14.4. The van der Waals surface area contributed by atoms with Crippen molar-refractivity contribution in [1.29, 1.82) is 0 Å². The lowest BCUT2D eigenvalue weighted by Crippen LogP contribution is -2.33. The third-order valence-corrected chi connectivity index (χ3v) is 7.58. The number of unbranched alkanes of at least 4 members (excludes halogenated alkanes) is 1. The third-order valence-electron chi connectivity index (χ3n) is 7.58.